The molecule has 6 heteroatoms. The van der Waals surface area contributed by atoms with Gasteiger partial charge in [-0.3, -0.25) is 4.98 Å². The number of nitrogens with two attached hydrogens (primary N) is 1. The van der Waals surface area contributed by atoms with Crippen LogP contribution in [0.15, 0.2) is 12.3 Å². The summed E-state index contributed by atoms with van der Waals surface area (Å²) in [7, 11) is 0. The van der Waals surface area contributed by atoms with Crippen molar-refractivity contribution in [2.75, 3.05) is 5.73 Å². The molecule has 0 atom stereocenters. The molecule has 0 spiro atoms. The molecule has 0 amide bonds. The van der Waals surface area contributed by atoms with Crippen molar-refractivity contribution in [3.63, 3.8) is 0 Å². The van der Waals surface area contributed by atoms with Gasteiger partial charge in [0.05, 0.1) is 6.61 Å². The summed E-state index contributed by atoms with van der Waals surface area (Å²) in [4.78, 5) is 3.12. The minimum Gasteiger partial charge on any atom is -0.398 e. The van der Waals surface area contributed by atoms with Gasteiger partial charge in [-0.1, -0.05) is 0 Å². The number of aliphatic hydroxyl groups excluding tert-OH is 1. The third kappa shape index (κ3) is 2.09. The van der Waals surface area contributed by atoms with Crippen molar-refractivity contribution in [3.05, 3.63) is 23.5 Å². The molecule has 0 radical (unpaired) electrons. The normalized spacial score (nSPS) is 11.7. The fourth-order valence-electron chi connectivity index (χ4n) is 0.786. The number of nitrogen functional groups attached to an aromatic ring is 1. The lowest BCUT2D eigenvalue weighted by molar-refractivity contribution is -0.141. The van der Waals surface area contributed by atoms with E-state index in [9.17, 15) is 13.2 Å². The Kier molecular flexibility index (Phi) is 2.42. The summed E-state index contributed by atoms with van der Waals surface area (Å²) < 4.78 is 36.1. The zero-order valence-electron chi connectivity index (χ0n) is 6.47. The van der Waals surface area contributed by atoms with Crippen LogP contribution in [-0.2, 0) is 12.8 Å². The Bertz CT molecular complexity index is 311. The highest BCUT2D eigenvalue weighted by Crippen LogP contribution is 2.29. The molecule has 1 heterocycles. The zero-order chi connectivity index (χ0) is 10.1. The van der Waals surface area contributed by atoms with E-state index in [-0.39, 0.29) is 11.3 Å². The highest BCUT2D eigenvalue weighted by Gasteiger charge is 2.32. The van der Waals surface area contributed by atoms with Crippen molar-refractivity contribution in [2.24, 2.45) is 0 Å². The average molecular weight is 192 g/mol. The summed E-state index contributed by atoms with van der Waals surface area (Å²) in [6.45, 7) is -0.420. The summed E-state index contributed by atoms with van der Waals surface area (Å²) in [6, 6.07) is 0.700. The van der Waals surface area contributed by atoms with Gasteiger partial charge in [0.2, 0.25) is 0 Å². The van der Waals surface area contributed by atoms with Crippen LogP contribution in [0.5, 0.6) is 0 Å². The Labute approximate surface area is 72.0 Å². The van der Waals surface area contributed by atoms with Gasteiger partial charge in [0.1, 0.15) is 5.69 Å². The molecule has 3 nitrogen and oxygen atoms in total. The molecular weight excluding hydrogens is 185 g/mol. The van der Waals surface area contributed by atoms with Crippen molar-refractivity contribution in [1.82, 2.24) is 4.98 Å². The number of aromatic nitrogens is 1. The SMILES string of the molecule is Nc1cc(C(F)(F)F)ncc1CO. The molecule has 1 aromatic heterocycles. The van der Waals surface area contributed by atoms with E-state index in [1.165, 1.54) is 0 Å². The minimum atomic E-state index is -4.50. The summed E-state index contributed by atoms with van der Waals surface area (Å²) in [5.41, 5.74) is 4.26. The van der Waals surface area contributed by atoms with E-state index >= 15 is 0 Å². The number of anilines is 1. The number of alkyl halides is 3. The Hall–Kier alpha value is -1.30. The largest absolute Gasteiger partial charge is 0.433 e. The molecule has 0 bridgehead atoms. The fraction of sp³-hybridized carbons (Fsp3) is 0.286. The van der Waals surface area contributed by atoms with Gasteiger partial charge < -0.3 is 10.8 Å². The number of rotatable bonds is 1. The lowest BCUT2D eigenvalue weighted by Gasteiger charge is -2.07. The summed E-state index contributed by atoms with van der Waals surface area (Å²) in [5.74, 6) is 0. The molecule has 0 unspecified atom stereocenters. The first-order chi connectivity index (χ1) is 5.95. The summed E-state index contributed by atoms with van der Waals surface area (Å²) in [6.07, 6.45) is -3.58. The average Bonchev–Trinajstić information content (AvgIpc) is 2.02. The number of pyridine rings is 1. The maximum atomic E-state index is 12.0. The van der Waals surface area contributed by atoms with Crippen molar-refractivity contribution >= 4 is 5.69 Å². The molecule has 0 saturated heterocycles. The van der Waals surface area contributed by atoms with Crippen LogP contribution in [0.2, 0.25) is 0 Å². The molecule has 72 valence electrons. The molecule has 1 aromatic rings. The van der Waals surface area contributed by atoms with Crippen molar-refractivity contribution in [3.8, 4) is 0 Å². The number of nitrogens with zero attached hydrogens (tertiary/aromatic N) is 1. The van der Waals surface area contributed by atoms with Gasteiger partial charge >= 0.3 is 6.18 Å². The smallest absolute Gasteiger partial charge is 0.398 e. The Balaban J connectivity index is 3.10. The molecule has 13 heavy (non-hydrogen) atoms. The molecule has 0 aliphatic carbocycles. The second-order valence-electron chi connectivity index (χ2n) is 2.42. The minimum absolute atomic E-state index is 0.107. The zero-order valence-corrected chi connectivity index (χ0v) is 6.47. The predicted molar refractivity (Wildman–Crippen MR) is 39.6 cm³/mol. The van der Waals surface area contributed by atoms with Crippen LogP contribution in [0.4, 0.5) is 18.9 Å². The third-order valence-corrected chi connectivity index (χ3v) is 1.48. The van der Waals surface area contributed by atoms with Gasteiger partial charge in [-0.15, -0.1) is 0 Å². The van der Waals surface area contributed by atoms with Gasteiger partial charge in [-0.2, -0.15) is 13.2 Å². The van der Waals surface area contributed by atoms with Crippen molar-refractivity contribution < 1.29 is 18.3 Å². The second-order valence-corrected chi connectivity index (χ2v) is 2.42. The maximum absolute atomic E-state index is 12.0. The maximum Gasteiger partial charge on any atom is 0.433 e. The highest BCUT2D eigenvalue weighted by molar-refractivity contribution is 5.46. The number of aliphatic hydroxyl groups is 1. The first kappa shape index (κ1) is 9.79. The monoisotopic (exact) mass is 192 g/mol. The van der Waals surface area contributed by atoms with E-state index in [2.05, 4.69) is 4.98 Å². The van der Waals surface area contributed by atoms with Gasteiger partial charge in [0, 0.05) is 17.4 Å². The molecule has 3 N–H and O–H groups in total. The topological polar surface area (TPSA) is 59.1 Å². The third-order valence-electron chi connectivity index (χ3n) is 1.48. The van der Waals surface area contributed by atoms with E-state index in [1.54, 1.807) is 0 Å². The molecule has 0 fully saturated rings. The first-order valence-electron chi connectivity index (χ1n) is 3.37. The lowest BCUT2D eigenvalue weighted by Crippen LogP contribution is -2.09. The van der Waals surface area contributed by atoms with Crippen LogP contribution in [0, 0.1) is 0 Å². The quantitative estimate of drug-likeness (QED) is 0.702. The Morgan fingerprint density at radius 1 is 1.46 bits per heavy atom. The van der Waals surface area contributed by atoms with Crippen LogP contribution in [-0.4, -0.2) is 10.1 Å². The van der Waals surface area contributed by atoms with E-state index in [0.29, 0.717) is 6.07 Å². The Morgan fingerprint density at radius 2 is 2.08 bits per heavy atom. The van der Waals surface area contributed by atoms with E-state index in [0.717, 1.165) is 6.20 Å². The number of halogens is 3. The number of hydrogen-bond donors (Lipinski definition) is 2. The predicted octanol–water partition coefficient (Wildman–Crippen LogP) is 1.17. The van der Waals surface area contributed by atoms with Crippen LogP contribution in [0.3, 0.4) is 0 Å². The van der Waals surface area contributed by atoms with Gasteiger partial charge in [0.25, 0.3) is 0 Å². The molecule has 0 saturated carbocycles. The van der Waals surface area contributed by atoms with Crippen LogP contribution in [0.1, 0.15) is 11.3 Å². The molecule has 1 rings (SSSR count). The van der Waals surface area contributed by atoms with Crippen LogP contribution in [0.25, 0.3) is 0 Å². The van der Waals surface area contributed by atoms with E-state index < -0.39 is 18.5 Å². The van der Waals surface area contributed by atoms with Gasteiger partial charge in [0.15, 0.2) is 0 Å². The van der Waals surface area contributed by atoms with E-state index in [1.807, 2.05) is 0 Å². The summed E-state index contributed by atoms with van der Waals surface area (Å²) >= 11 is 0. The standard InChI is InChI=1S/C7H7F3N2O/c8-7(9,10)6-1-5(11)4(3-13)2-12-6/h1-2,13H,3H2,(H2,11,12). The molecular formula is C7H7F3N2O. The van der Waals surface area contributed by atoms with Gasteiger partial charge in [-0.25, -0.2) is 0 Å². The van der Waals surface area contributed by atoms with Crippen LogP contribution < -0.4 is 5.73 Å². The molecule has 0 aliphatic heterocycles. The van der Waals surface area contributed by atoms with Crippen molar-refractivity contribution in [1.29, 1.82) is 0 Å². The lowest BCUT2D eigenvalue weighted by atomic mass is 10.2. The summed E-state index contributed by atoms with van der Waals surface area (Å²) in [5, 5.41) is 8.61. The van der Waals surface area contributed by atoms with Crippen molar-refractivity contribution in [2.45, 2.75) is 12.8 Å². The fourth-order valence-corrected chi connectivity index (χ4v) is 0.786. The van der Waals surface area contributed by atoms with E-state index in [4.69, 9.17) is 10.8 Å². The Morgan fingerprint density at radius 3 is 2.46 bits per heavy atom. The molecule has 0 aromatic carbocycles. The van der Waals surface area contributed by atoms with Crippen LogP contribution >= 0.6 is 0 Å². The number of hydrogen-bond acceptors (Lipinski definition) is 3. The van der Waals surface area contributed by atoms with Gasteiger partial charge in [-0.05, 0) is 6.07 Å². The molecule has 0 aliphatic rings. The second kappa shape index (κ2) is 3.21. The first-order valence-corrected chi connectivity index (χ1v) is 3.37. The highest BCUT2D eigenvalue weighted by atomic mass is 19.4.